The van der Waals surface area contributed by atoms with Gasteiger partial charge in [0, 0.05) is 12.3 Å². The highest BCUT2D eigenvalue weighted by Gasteiger charge is 1.98. The van der Waals surface area contributed by atoms with E-state index in [4.69, 9.17) is 4.52 Å². The van der Waals surface area contributed by atoms with Crippen LogP contribution in [-0.4, -0.2) is 14.9 Å². The number of rotatable bonds is 2. The first-order chi connectivity index (χ1) is 5.84. The van der Waals surface area contributed by atoms with E-state index in [1.807, 2.05) is 29.9 Å². The average molecular weight is 163 g/mol. The van der Waals surface area contributed by atoms with Crippen molar-refractivity contribution in [2.24, 2.45) is 0 Å². The molecule has 0 aromatic carbocycles. The molecule has 4 heteroatoms. The minimum Gasteiger partial charge on any atom is -0.359 e. The third-order valence-corrected chi connectivity index (χ3v) is 1.58. The van der Waals surface area contributed by atoms with Crippen molar-refractivity contribution >= 4 is 0 Å². The van der Waals surface area contributed by atoms with Gasteiger partial charge in [-0.1, -0.05) is 5.16 Å². The van der Waals surface area contributed by atoms with Crippen LogP contribution in [0.4, 0.5) is 0 Å². The van der Waals surface area contributed by atoms with E-state index < -0.39 is 0 Å². The Morgan fingerprint density at radius 2 is 2.42 bits per heavy atom. The fourth-order valence-corrected chi connectivity index (χ4v) is 1.03. The van der Waals surface area contributed by atoms with Gasteiger partial charge >= 0.3 is 0 Å². The lowest BCUT2D eigenvalue weighted by atomic mass is 10.5. The first kappa shape index (κ1) is 7.09. The van der Waals surface area contributed by atoms with Crippen LogP contribution < -0.4 is 0 Å². The molecule has 0 amide bonds. The summed E-state index contributed by atoms with van der Waals surface area (Å²) in [6.07, 6.45) is 3.55. The van der Waals surface area contributed by atoms with Gasteiger partial charge < -0.3 is 4.52 Å². The van der Waals surface area contributed by atoms with Crippen LogP contribution in [0.15, 0.2) is 29.0 Å². The Morgan fingerprint density at radius 1 is 1.50 bits per heavy atom. The zero-order valence-electron chi connectivity index (χ0n) is 6.77. The second-order valence-electron chi connectivity index (χ2n) is 2.63. The van der Waals surface area contributed by atoms with Crippen molar-refractivity contribution < 1.29 is 4.52 Å². The number of nitrogens with zero attached hydrogens (tertiary/aromatic N) is 3. The highest BCUT2D eigenvalue weighted by molar-refractivity contribution is 4.98. The summed E-state index contributed by atoms with van der Waals surface area (Å²) in [5.41, 5.74) is 1.01. The second-order valence-corrected chi connectivity index (χ2v) is 2.63. The topological polar surface area (TPSA) is 43.9 Å². The van der Waals surface area contributed by atoms with E-state index in [0.717, 1.165) is 11.5 Å². The molecule has 0 aliphatic carbocycles. The summed E-state index contributed by atoms with van der Waals surface area (Å²) in [4.78, 5) is 0. The third-order valence-electron chi connectivity index (χ3n) is 1.58. The molecule has 0 aliphatic rings. The van der Waals surface area contributed by atoms with E-state index in [-0.39, 0.29) is 0 Å². The van der Waals surface area contributed by atoms with Gasteiger partial charge in [0.05, 0.1) is 11.9 Å². The summed E-state index contributed by atoms with van der Waals surface area (Å²) in [6, 6.07) is 3.79. The number of aryl methyl sites for hydroxylation is 1. The van der Waals surface area contributed by atoms with Crippen molar-refractivity contribution in [3.05, 3.63) is 36.0 Å². The molecule has 0 radical (unpaired) electrons. The summed E-state index contributed by atoms with van der Waals surface area (Å²) in [5, 5.41) is 7.82. The summed E-state index contributed by atoms with van der Waals surface area (Å²) in [7, 11) is 0. The third kappa shape index (κ3) is 1.37. The molecule has 12 heavy (non-hydrogen) atoms. The molecule has 2 rings (SSSR count). The molecule has 0 atom stereocenters. The number of hydrogen-bond donors (Lipinski definition) is 0. The maximum absolute atomic E-state index is 4.94. The van der Waals surface area contributed by atoms with Crippen LogP contribution in [0.5, 0.6) is 0 Å². The molecule has 62 valence electrons. The van der Waals surface area contributed by atoms with Gasteiger partial charge in [0.25, 0.3) is 0 Å². The Balaban J connectivity index is 2.14. The van der Waals surface area contributed by atoms with E-state index in [1.54, 1.807) is 6.20 Å². The molecule has 2 heterocycles. The van der Waals surface area contributed by atoms with E-state index >= 15 is 0 Å². The quantitative estimate of drug-likeness (QED) is 0.668. The molecule has 2 aromatic heterocycles. The van der Waals surface area contributed by atoms with Crippen LogP contribution in [0.3, 0.4) is 0 Å². The second kappa shape index (κ2) is 2.81. The first-order valence-corrected chi connectivity index (χ1v) is 3.74. The Labute approximate surface area is 69.8 Å². The molecule has 0 saturated carbocycles. The summed E-state index contributed by atoms with van der Waals surface area (Å²) in [6.45, 7) is 2.60. The van der Waals surface area contributed by atoms with Crippen molar-refractivity contribution in [1.29, 1.82) is 0 Å². The van der Waals surface area contributed by atoms with Crippen molar-refractivity contribution in [2.45, 2.75) is 13.5 Å². The van der Waals surface area contributed by atoms with Gasteiger partial charge in [-0.15, -0.1) is 0 Å². The van der Waals surface area contributed by atoms with E-state index in [1.165, 1.54) is 0 Å². The van der Waals surface area contributed by atoms with Crippen LogP contribution in [0.1, 0.15) is 11.5 Å². The Morgan fingerprint density at radius 3 is 3.00 bits per heavy atom. The van der Waals surface area contributed by atoms with Crippen LogP contribution in [0, 0.1) is 6.92 Å². The minimum atomic E-state index is 0.647. The summed E-state index contributed by atoms with van der Waals surface area (Å²) < 4.78 is 6.75. The molecule has 0 fully saturated rings. The van der Waals surface area contributed by atoms with Gasteiger partial charge in [-0.05, 0) is 13.0 Å². The number of hydrogen-bond acceptors (Lipinski definition) is 3. The predicted octanol–water partition coefficient (Wildman–Crippen LogP) is 1.23. The predicted molar refractivity (Wildman–Crippen MR) is 42.6 cm³/mol. The fraction of sp³-hybridized carbons (Fsp3) is 0.250. The molecule has 0 unspecified atom stereocenters. The van der Waals surface area contributed by atoms with Gasteiger partial charge in [-0.3, -0.25) is 4.68 Å². The lowest BCUT2D eigenvalue weighted by molar-refractivity contribution is 0.371. The van der Waals surface area contributed by atoms with Crippen molar-refractivity contribution in [3.8, 4) is 0 Å². The highest BCUT2D eigenvalue weighted by Crippen LogP contribution is 2.00. The molecule has 0 spiro atoms. The largest absolute Gasteiger partial charge is 0.359 e. The van der Waals surface area contributed by atoms with Gasteiger partial charge in [0.2, 0.25) is 0 Å². The maximum atomic E-state index is 4.94. The monoisotopic (exact) mass is 163 g/mol. The van der Waals surface area contributed by atoms with Crippen LogP contribution in [-0.2, 0) is 6.54 Å². The molecule has 0 N–H and O–H groups in total. The van der Waals surface area contributed by atoms with Crippen LogP contribution >= 0.6 is 0 Å². The van der Waals surface area contributed by atoms with Gasteiger partial charge in [0.15, 0.2) is 5.76 Å². The number of aromatic nitrogens is 3. The smallest absolute Gasteiger partial charge is 0.158 e. The molecule has 0 bridgehead atoms. The van der Waals surface area contributed by atoms with Gasteiger partial charge in [-0.2, -0.15) is 5.10 Å². The van der Waals surface area contributed by atoms with E-state index in [0.29, 0.717) is 6.54 Å². The molecular weight excluding hydrogens is 154 g/mol. The minimum absolute atomic E-state index is 0.647. The first-order valence-electron chi connectivity index (χ1n) is 3.74. The van der Waals surface area contributed by atoms with Crippen LogP contribution in [0.25, 0.3) is 0 Å². The zero-order chi connectivity index (χ0) is 8.39. The van der Waals surface area contributed by atoms with E-state index in [9.17, 15) is 0 Å². The molecular formula is C8H9N3O. The SMILES string of the molecule is Cc1ccn(Cc2ccno2)n1. The van der Waals surface area contributed by atoms with Crippen LogP contribution in [0.2, 0.25) is 0 Å². The summed E-state index contributed by atoms with van der Waals surface area (Å²) >= 11 is 0. The highest BCUT2D eigenvalue weighted by atomic mass is 16.5. The fourth-order valence-electron chi connectivity index (χ4n) is 1.03. The average Bonchev–Trinajstić information content (AvgIpc) is 2.63. The molecule has 0 aliphatic heterocycles. The lowest BCUT2D eigenvalue weighted by Crippen LogP contribution is -1.98. The lowest BCUT2D eigenvalue weighted by Gasteiger charge is -1.94. The molecule has 0 saturated heterocycles. The zero-order valence-corrected chi connectivity index (χ0v) is 6.77. The normalized spacial score (nSPS) is 10.4. The Kier molecular flexibility index (Phi) is 1.66. The van der Waals surface area contributed by atoms with Gasteiger partial charge in [-0.25, -0.2) is 0 Å². The Bertz CT molecular complexity index is 350. The summed E-state index contributed by atoms with van der Waals surface area (Å²) in [5.74, 6) is 0.818. The standard InChI is InChI=1S/C8H9N3O/c1-7-3-5-11(10-7)6-8-2-4-9-12-8/h2-5H,6H2,1H3. The Hall–Kier alpha value is -1.58. The van der Waals surface area contributed by atoms with Gasteiger partial charge in [0.1, 0.15) is 6.54 Å². The van der Waals surface area contributed by atoms with Crippen molar-refractivity contribution in [1.82, 2.24) is 14.9 Å². The van der Waals surface area contributed by atoms with E-state index in [2.05, 4.69) is 10.3 Å². The molecule has 4 nitrogen and oxygen atoms in total. The van der Waals surface area contributed by atoms with Crippen molar-refractivity contribution in [3.63, 3.8) is 0 Å². The maximum Gasteiger partial charge on any atom is 0.158 e. The molecule has 2 aromatic rings. The van der Waals surface area contributed by atoms with Crippen molar-refractivity contribution in [2.75, 3.05) is 0 Å².